The number of nitrogens with zero attached hydrogens (tertiary/aromatic N) is 3. The largest absolute Gasteiger partial charge is 0.419 e. The van der Waals surface area contributed by atoms with Crippen molar-refractivity contribution >= 4 is 15.7 Å². The van der Waals surface area contributed by atoms with E-state index in [0.29, 0.717) is 24.9 Å². The van der Waals surface area contributed by atoms with Crippen LogP contribution in [0.4, 0.5) is 5.88 Å². The number of benzene rings is 4. The maximum absolute atomic E-state index is 13.9. The van der Waals surface area contributed by atoms with E-state index in [2.05, 4.69) is 58.4 Å². The zero-order valence-corrected chi connectivity index (χ0v) is 24.1. The zero-order chi connectivity index (χ0) is 28.4. The van der Waals surface area contributed by atoms with Gasteiger partial charge in [-0.2, -0.15) is 4.98 Å². The van der Waals surface area contributed by atoms with Crippen LogP contribution in [-0.2, 0) is 9.84 Å². The second-order valence-corrected chi connectivity index (χ2v) is 12.4. The van der Waals surface area contributed by atoms with E-state index in [0.717, 1.165) is 29.8 Å². The van der Waals surface area contributed by atoms with Crippen molar-refractivity contribution in [1.82, 2.24) is 9.88 Å². The molecule has 0 unspecified atom stereocenters. The number of hydrogen-bond acceptors (Lipinski definition) is 6. The van der Waals surface area contributed by atoms with Crippen molar-refractivity contribution < 1.29 is 12.8 Å². The molecule has 0 N–H and O–H groups in total. The van der Waals surface area contributed by atoms with E-state index in [1.54, 1.807) is 24.3 Å². The number of aromatic nitrogens is 1. The van der Waals surface area contributed by atoms with Crippen molar-refractivity contribution in [3.05, 3.63) is 131 Å². The van der Waals surface area contributed by atoms with Crippen LogP contribution in [0.3, 0.4) is 0 Å². The predicted molar refractivity (Wildman–Crippen MR) is 162 cm³/mol. The van der Waals surface area contributed by atoms with Gasteiger partial charge in [0.2, 0.25) is 26.6 Å². The van der Waals surface area contributed by atoms with Gasteiger partial charge >= 0.3 is 0 Å². The number of anilines is 1. The molecule has 0 spiro atoms. The Morgan fingerprint density at radius 2 is 1.32 bits per heavy atom. The van der Waals surface area contributed by atoms with Gasteiger partial charge in [-0.1, -0.05) is 96.1 Å². The van der Waals surface area contributed by atoms with Crippen molar-refractivity contribution in [1.29, 1.82) is 0 Å². The number of rotatable bonds is 7. The van der Waals surface area contributed by atoms with E-state index < -0.39 is 9.84 Å². The quantitative estimate of drug-likeness (QED) is 0.219. The van der Waals surface area contributed by atoms with Gasteiger partial charge < -0.3 is 9.32 Å². The number of hydrogen-bond donors (Lipinski definition) is 0. The predicted octanol–water partition coefficient (Wildman–Crippen LogP) is 6.70. The van der Waals surface area contributed by atoms with Crippen LogP contribution in [0.25, 0.3) is 11.5 Å². The molecule has 6 nitrogen and oxygen atoms in total. The molecular formula is C34H33N3O3S. The van der Waals surface area contributed by atoms with Crippen molar-refractivity contribution in [2.45, 2.75) is 29.8 Å². The highest BCUT2D eigenvalue weighted by Gasteiger charge is 2.34. The molecule has 0 bridgehead atoms. The summed E-state index contributed by atoms with van der Waals surface area (Å²) in [5, 5.41) is -0.0334. The van der Waals surface area contributed by atoms with Crippen LogP contribution in [0, 0.1) is 13.8 Å². The summed E-state index contributed by atoms with van der Waals surface area (Å²) in [4.78, 5) is 9.29. The van der Waals surface area contributed by atoms with Gasteiger partial charge in [-0.05, 0) is 49.2 Å². The molecule has 0 radical (unpaired) electrons. The van der Waals surface area contributed by atoms with Gasteiger partial charge in [-0.3, -0.25) is 4.90 Å². The third kappa shape index (κ3) is 5.56. The van der Waals surface area contributed by atoms with Crippen LogP contribution < -0.4 is 4.90 Å². The molecule has 0 amide bonds. The normalized spacial score (nSPS) is 14.5. The van der Waals surface area contributed by atoms with E-state index in [-0.39, 0.29) is 16.0 Å². The first-order valence-electron chi connectivity index (χ1n) is 13.9. The summed E-state index contributed by atoms with van der Waals surface area (Å²) in [6.45, 7) is 6.61. The lowest BCUT2D eigenvalue weighted by atomic mass is 9.96. The van der Waals surface area contributed by atoms with E-state index in [1.165, 1.54) is 11.1 Å². The molecule has 7 heteroatoms. The van der Waals surface area contributed by atoms with Crippen LogP contribution >= 0.6 is 0 Å². The Hall–Kier alpha value is -4.20. The molecule has 4 aromatic carbocycles. The fourth-order valence-electron chi connectivity index (χ4n) is 5.47. The maximum atomic E-state index is 13.9. The average Bonchev–Trinajstić information content (AvgIpc) is 3.46. The summed E-state index contributed by atoms with van der Waals surface area (Å²) in [5.74, 6) is 0.612. The highest BCUT2D eigenvalue weighted by atomic mass is 32.2. The fraction of sp³-hybridized carbons (Fsp3) is 0.206. The Kier molecular flexibility index (Phi) is 7.47. The zero-order valence-electron chi connectivity index (χ0n) is 23.3. The molecule has 41 heavy (non-hydrogen) atoms. The van der Waals surface area contributed by atoms with Crippen LogP contribution in [-0.4, -0.2) is 44.5 Å². The van der Waals surface area contributed by atoms with Crippen LogP contribution in [0.15, 0.2) is 124 Å². The van der Waals surface area contributed by atoms with E-state index in [4.69, 9.17) is 4.42 Å². The topological polar surface area (TPSA) is 66.7 Å². The second kappa shape index (κ2) is 11.4. The van der Waals surface area contributed by atoms with E-state index >= 15 is 0 Å². The fourth-order valence-corrected chi connectivity index (χ4v) is 6.79. The molecule has 0 atom stereocenters. The van der Waals surface area contributed by atoms with Crippen LogP contribution in [0.1, 0.15) is 28.3 Å². The minimum atomic E-state index is -3.91. The third-order valence-electron chi connectivity index (χ3n) is 7.63. The summed E-state index contributed by atoms with van der Waals surface area (Å²) in [6, 6.07) is 35.8. The lowest BCUT2D eigenvalue weighted by Gasteiger charge is -2.39. The SMILES string of the molecule is Cc1ccc(S(=O)(=O)c2nc(-c3cccc(C)c3)oc2N2CCN(C(c3ccccc3)c3ccccc3)CC2)cc1. The summed E-state index contributed by atoms with van der Waals surface area (Å²) < 4.78 is 34.1. The molecule has 6 rings (SSSR count). The summed E-state index contributed by atoms with van der Waals surface area (Å²) >= 11 is 0. The first-order chi connectivity index (χ1) is 19.9. The molecular weight excluding hydrogens is 530 g/mol. The molecule has 0 aliphatic carbocycles. The molecule has 1 saturated heterocycles. The lowest BCUT2D eigenvalue weighted by Crippen LogP contribution is -2.48. The molecule has 5 aromatic rings. The molecule has 1 aromatic heterocycles. The van der Waals surface area contributed by atoms with Crippen LogP contribution in [0.2, 0.25) is 0 Å². The molecule has 1 aliphatic heterocycles. The summed E-state index contributed by atoms with van der Waals surface area (Å²) in [7, 11) is -3.91. The van der Waals surface area contributed by atoms with E-state index in [9.17, 15) is 8.42 Å². The summed E-state index contributed by atoms with van der Waals surface area (Å²) in [5.41, 5.74) is 5.26. The first kappa shape index (κ1) is 27.0. The van der Waals surface area contributed by atoms with Gasteiger partial charge in [0, 0.05) is 31.7 Å². The Morgan fingerprint density at radius 3 is 1.90 bits per heavy atom. The Labute approximate surface area is 241 Å². The van der Waals surface area contributed by atoms with Gasteiger partial charge in [0.05, 0.1) is 10.9 Å². The highest BCUT2D eigenvalue weighted by molar-refractivity contribution is 7.91. The second-order valence-electron chi connectivity index (χ2n) is 10.6. The minimum absolute atomic E-state index is 0.0334. The number of piperazine rings is 1. The lowest BCUT2D eigenvalue weighted by molar-refractivity contribution is 0.209. The number of sulfone groups is 1. The number of oxazole rings is 1. The summed E-state index contributed by atoms with van der Waals surface area (Å²) in [6.07, 6.45) is 0. The average molecular weight is 564 g/mol. The minimum Gasteiger partial charge on any atom is -0.419 e. The number of aryl methyl sites for hydroxylation is 2. The Bertz CT molecular complexity index is 1690. The molecule has 1 aliphatic rings. The molecule has 2 heterocycles. The Balaban J connectivity index is 1.34. The molecule has 208 valence electrons. The smallest absolute Gasteiger partial charge is 0.236 e. The van der Waals surface area contributed by atoms with Gasteiger partial charge in [-0.15, -0.1) is 0 Å². The highest BCUT2D eigenvalue weighted by Crippen LogP contribution is 2.37. The molecule has 1 fully saturated rings. The monoisotopic (exact) mass is 563 g/mol. The molecule has 0 saturated carbocycles. The van der Waals surface area contributed by atoms with Gasteiger partial charge in [0.15, 0.2) is 0 Å². The maximum Gasteiger partial charge on any atom is 0.236 e. The van der Waals surface area contributed by atoms with Gasteiger partial charge in [-0.25, -0.2) is 8.42 Å². The van der Waals surface area contributed by atoms with Gasteiger partial charge in [0.25, 0.3) is 0 Å². The van der Waals surface area contributed by atoms with Crippen LogP contribution in [0.5, 0.6) is 0 Å². The third-order valence-corrected chi connectivity index (χ3v) is 9.30. The first-order valence-corrected chi connectivity index (χ1v) is 15.4. The standard InChI is InChI=1S/C34H33N3O3S/c1-25-16-18-30(19-17-25)41(38,39)33-34(40-32(35-33)29-15-9-10-26(2)24-29)37-22-20-36(21-23-37)31(27-11-5-3-6-12-27)28-13-7-4-8-14-28/h3-19,24,31H,20-23H2,1-2H3. The Morgan fingerprint density at radius 1 is 0.707 bits per heavy atom. The van der Waals surface area contributed by atoms with Crippen molar-refractivity contribution in [3.63, 3.8) is 0 Å². The van der Waals surface area contributed by atoms with Gasteiger partial charge in [0.1, 0.15) is 0 Å². The van der Waals surface area contributed by atoms with Crippen molar-refractivity contribution in [3.8, 4) is 11.5 Å². The van der Waals surface area contributed by atoms with E-state index in [1.807, 2.05) is 55.1 Å². The van der Waals surface area contributed by atoms with Crippen molar-refractivity contribution in [2.75, 3.05) is 31.1 Å². The van der Waals surface area contributed by atoms with Crippen molar-refractivity contribution in [2.24, 2.45) is 0 Å².